The van der Waals surface area contributed by atoms with Crippen LogP contribution in [0.2, 0.25) is 0 Å². The van der Waals surface area contributed by atoms with Gasteiger partial charge in [0.1, 0.15) is 12.4 Å². The molecule has 1 aromatic carbocycles. The first-order chi connectivity index (χ1) is 10.3. The Morgan fingerprint density at radius 2 is 2.24 bits per heavy atom. The normalized spacial score (nSPS) is 10.7. The fourth-order valence-corrected chi connectivity index (χ4v) is 2.43. The molecule has 0 saturated heterocycles. The average Bonchev–Trinajstić information content (AvgIpc) is 3.03. The van der Waals surface area contributed by atoms with E-state index in [0.29, 0.717) is 24.5 Å². The zero-order valence-corrected chi connectivity index (χ0v) is 12.9. The van der Waals surface area contributed by atoms with Gasteiger partial charge in [-0.2, -0.15) is 0 Å². The molecule has 0 radical (unpaired) electrons. The van der Waals surface area contributed by atoms with E-state index in [1.54, 1.807) is 23.5 Å². The largest absolute Gasteiger partial charge is 0.488 e. The highest BCUT2D eigenvalue weighted by Gasteiger charge is 2.06. The smallest absolute Gasteiger partial charge is 0.251 e. The Kier molecular flexibility index (Phi) is 6.03. The number of rotatable bonds is 7. The summed E-state index contributed by atoms with van der Waals surface area (Å²) in [7, 11) is 0. The molecule has 1 N–H and O–H groups in total. The molecule has 1 heterocycles. The van der Waals surface area contributed by atoms with Crippen molar-refractivity contribution in [1.29, 1.82) is 0 Å². The Bertz CT molecular complexity index is 591. The first-order valence-corrected chi connectivity index (χ1v) is 7.82. The maximum atomic E-state index is 12.0. The summed E-state index contributed by atoms with van der Waals surface area (Å²) in [4.78, 5) is 13.2. The molecule has 0 unspecified atom stereocenters. The lowest BCUT2D eigenvalue weighted by Crippen LogP contribution is -2.24. The van der Waals surface area contributed by atoms with Crippen molar-refractivity contribution in [3.05, 3.63) is 64.4 Å². The quantitative estimate of drug-likeness (QED) is 0.619. The van der Waals surface area contributed by atoms with Crippen molar-refractivity contribution < 1.29 is 9.53 Å². The molecule has 110 valence electrons. The van der Waals surface area contributed by atoms with Gasteiger partial charge in [-0.25, -0.2) is 0 Å². The minimum absolute atomic E-state index is 0.0684. The van der Waals surface area contributed by atoms with Crippen LogP contribution in [0.3, 0.4) is 0 Å². The molecule has 0 aliphatic heterocycles. The number of carbonyl (C=O) groups excluding carboxylic acids is 1. The third kappa shape index (κ3) is 5.08. The highest BCUT2D eigenvalue weighted by atomic mass is 32.1. The second kappa shape index (κ2) is 8.27. The van der Waals surface area contributed by atoms with Gasteiger partial charge < -0.3 is 10.1 Å². The molecular weight excluding hydrogens is 282 g/mol. The fraction of sp³-hybridized carbons (Fsp3) is 0.235. The van der Waals surface area contributed by atoms with Crippen molar-refractivity contribution in [1.82, 2.24) is 5.32 Å². The maximum Gasteiger partial charge on any atom is 0.251 e. The third-order valence-corrected chi connectivity index (χ3v) is 3.74. The zero-order valence-electron chi connectivity index (χ0n) is 12.0. The number of carbonyl (C=O) groups is 1. The number of ether oxygens (including phenoxy) is 1. The van der Waals surface area contributed by atoms with Crippen LogP contribution < -0.4 is 10.1 Å². The lowest BCUT2D eigenvalue weighted by Gasteiger charge is -2.07. The van der Waals surface area contributed by atoms with Crippen molar-refractivity contribution in [3.8, 4) is 5.75 Å². The van der Waals surface area contributed by atoms with Gasteiger partial charge in [0.05, 0.1) is 0 Å². The zero-order chi connectivity index (χ0) is 14.9. The molecule has 3 nitrogen and oxygen atoms in total. The van der Waals surface area contributed by atoms with Gasteiger partial charge in [0.2, 0.25) is 0 Å². The summed E-state index contributed by atoms with van der Waals surface area (Å²) in [6.45, 7) is 3.14. The van der Waals surface area contributed by atoms with Crippen LogP contribution in [0.25, 0.3) is 0 Å². The fourth-order valence-electron chi connectivity index (χ4n) is 1.81. The Morgan fingerprint density at radius 1 is 1.33 bits per heavy atom. The minimum atomic E-state index is -0.0684. The van der Waals surface area contributed by atoms with E-state index in [0.717, 1.165) is 11.3 Å². The third-order valence-electron chi connectivity index (χ3n) is 2.89. The summed E-state index contributed by atoms with van der Waals surface area (Å²) < 4.78 is 5.70. The highest BCUT2D eigenvalue weighted by molar-refractivity contribution is 7.09. The topological polar surface area (TPSA) is 38.3 Å². The van der Waals surface area contributed by atoms with E-state index in [4.69, 9.17) is 4.74 Å². The predicted octanol–water partition coefficient (Wildman–Crippen LogP) is 4.02. The van der Waals surface area contributed by atoms with Crippen LogP contribution in [0.1, 0.15) is 28.6 Å². The Morgan fingerprint density at radius 3 is 3.00 bits per heavy atom. The van der Waals surface area contributed by atoms with Crippen LogP contribution in [0.15, 0.2) is 53.9 Å². The van der Waals surface area contributed by atoms with E-state index in [9.17, 15) is 4.79 Å². The molecular formula is C17H19NO2S. The maximum absolute atomic E-state index is 12.0. The lowest BCUT2D eigenvalue weighted by atomic mass is 10.2. The number of thiophene rings is 1. The summed E-state index contributed by atoms with van der Waals surface area (Å²) in [5.41, 5.74) is 0.624. The lowest BCUT2D eigenvalue weighted by molar-refractivity contribution is 0.0954. The second-order valence-corrected chi connectivity index (χ2v) is 5.54. The monoisotopic (exact) mass is 301 g/mol. The van der Waals surface area contributed by atoms with Gasteiger partial charge in [0, 0.05) is 17.0 Å². The number of hydrogen-bond acceptors (Lipinski definition) is 3. The first-order valence-electron chi connectivity index (χ1n) is 6.94. The highest BCUT2D eigenvalue weighted by Crippen LogP contribution is 2.17. The number of nitrogens with one attached hydrogen (secondary N) is 1. The molecule has 2 rings (SSSR count). The number of allylic oxidation sites excluding steroid dienone is 1. The summed E-state index contributed by atoms with van der Waals surface area (Å²) in [5.74, 6) is 0.644. The predicted molar refractivity (Wildman–Crippen MR) is 86.9 cm³/mol. The molecule has 0 spiro atoms. The van der Waals surface area contributed by atoms with Crippen LogP contribution in [0, 0.1) is 0 Å². The van der Waals surface area contributed by atoms with Crippen LogP contribution in [-0.2, 0) is 6.61 Å². The molecule has 0 bridgehead atoms. The average molecular weight is 301 g/mol. The van der Waals surface area contributed by atoms with Gasteiger partial charge in [0.15, 0.2) is 0 Å². The summed E-state index contributed by atoms with van der Waals surface area (Å²) in [5, 5.41) is 4.91. The first kappa shape index (κ1) is 15.3. The van der Waals surface area contributed by atoms with Gasteiger partial charge in [0.25, 0.3) is 5.91 Å². The van der Waals surface area contributed by atoms with Crippen LogP contribution in [0.5, 0.6) is 5.75 Å². The Hall–Kier alpha value is -2.07. The van der Waals surface area contributed by atoms with Gasteiger partial charge in [-0.3, -0.25) is 4.79 Å². The van der Waals surface area contributed by atoms with E-state index < -0.39 is 0 Å². The van der Waals surface area contributed by atoms with E-state index in [-0.39, 0.29) is 5.91 Å². The molecule has 1 amide bonds. The van der Waals surface area contributed by atoms with E-state index >= 15 is 0 Å². The summed E-state index contributed by atoms with van der Waals surface area (Å²) in [6, 6.07) is 11.3. The van der Waals surface area contributed by atoms with Crippen molar-refractivity contribution >= 4 is 17.2 Å². The van der Waals surface area contributed by atoms with Gasteiger partial charge in [-0.05, 0) is 43.0 Å². The van der Waals surface area contributed by atoms with E-state index in [2.05, 4.69) is 5.32 Å². The van der Waals surface area contributed by atoms with Crippen LogP contribution >= 0.6 is 11.3 Å². The minimum Gasteiger partial charge on any atom is -0.488 e. The molecule has 0 aliphatic carbocycles. The molecule has 0 fully saturated rings. The number of amides is 1. The van der Waals surface area contributed by atoms with Crippen LogP contribution in [-0.4, -0.2) is 12.5 Å². The molecule has 0 atom stereocenters. The van der Waals surface area contributed by atoms with E-state index in [1.807, 2.05) is 48.7 Å². The molecule has 0 aliphatic rings. The molecule has 0 saturated carbocycles. The number of hydrogen-bond donors (Lipinski definition) is 1. The number of benzene rings is 1. The van der Waals surface area contributed by atoms with Gasteiger partial charge in [-0.15, -0.1) is 11.3 Å². The van der Waals surface area contributed by atoms with Crippen LogP contribution in [0.4, 0.5) is 0 Å². The van der Waals surface area contributed by atoms with Crippen molar-refractivity contribution in [3.63, 3.8) is 0 Å². The summed E-state index contributed by atoms with van der Waals surface area (Å²) >= 11 is 1.66. The molecule has 2 aromatic rings. The molecule has 1 aromatic heterocycles. The van der Waals surface area contributed by atoms with Gasteiger partial charge >= 0.3 is 0 Å². The van der Waals surface area contributed by atoms with Crippen molar-refractivity contribution in [2.24, 2.45) is 0 Å². The SMILES string of the molecule is C/C=C/CCNC(=O)c1cccc(OCc2cccs2)c1. The van der Waals surface area contributed by atoms with E-state index in [1.165, 1.54) is 0 Å². The van der Waals surface area contributed by atoms with Gasteiger partial charge in [-0.1, -0.05) is 24.3 Å². The second-order valence-electron chi connectivity index (χ2n) is 4.51. The van der Waals surface area contributed by atoms with Crippen molar-refractivity contribution in [2.75, 3.05) is 6.54 Å². The standard InChI is InChI=1S/C17H19NO2S/c1-2-3-4-10-18-17(19)14-7-5-8-15(12-14)20-13-16-9-6-11-21-16/h2-3,5-9,11-12H,4,10,13H2,1H3,(H,18,19)/b3-2+. The summed E-state index contributed by atoms with van der Waals surface area (Å²) in [6.07, 6.45) is 4.85. The Labute approximate surface area is 129 Å². The Balaban J connectivity index is 1.89. The molecule has 4 heteroatoms. The van der Waals surface area contributed by atoms with Crippen molar-refractivity contribution in [2.45, 2.75) is 20.0 Å². The molecule has 21 heavy (non-hydrogen) atoms.